The Bertz CT molecular complexity index is 336. The Kier molecular flexibility index (Phi) is 8.12. The lowest BCUT2D eigenvalue weighted by atomic mass is 9.94. The van der Waals surface area contributed by atoms with Gasteiger partial charge in [-0.05, 0) is 25.7 Å². The standard InChI is InChI=1S/C15H28N2O4/c1-3-4-13(5-6-14(18)19)7-8-16-15(20)17-9-10-21-11-12(17)2/h12-13H,3-11H2,1-2H3,(H,16,20)(H,18,19). The van der Waals surface area contributed by atoms with Gasteiger partial charge in [-0.2, -0.15) is 0 Å². The fraction of sp³-hybridized carbons (Fsp3) is 0.867. The van der Waals surface area contributed by atoms with Gasteiger partial charge < -0.3 is 20.1 Å². The van der Waals surface area contributed by atoms with Crippen LogP contribution in [0.3, 0.4) is 0 Å². The zero-order chi connectivity index (χ0) is 15.7. The molecule has 1 saturated heterocycles. The van der Waals surface area contributed by atoms with Gasteiger partial charge in [0.15, 0.2) is 0 Å². The van der Waals surface area contributed by atoms with Gasteiger partial charge in [0.25, 0.3) is 0 Å². The summed E-state index contributed by atoms with van der Waals surface area (Å²) in [5, 5.41) is 11.7. The Morgan fingerprint density at radius 1 is 1.38 bits per heavy atom. The van der Waals surface area contributed by atoms with Crippen LogP contribution in [0.25, 0.3) is 0 Å². The Morgan fingerprint density at radius 3 is 2.76 bits per heavy atom. The predicted molar refractivity (Wildman–Crippen MR) is 80.3 cm³/mol. The van der Waals surface area contributed by atoms with E-state index in [1.807, 2.05) is 6.92 Å². The van der Waals surface area contributed by atoms with Crippen molar-refractivity contribution >= 4 is 12.0 Å². The van der Waals surface area contributed by atoms with E-state index in [2.05, 4.69) is 12.2 Å². The molecule has 0 aliphatic carbocycles. The molecular weight excluding hydrogens is 272 g/mol. The van der Waals surface area contributed by atoms with Gasteiger partial charge in [-0.25, -0.2) is 4.79 Å². The number of carboxylic acids is 1. The first-order valence-corrected chi connectivity index (χ1v) is 7.88. The number of carboxylic acid groups (broad SMARTS) is 1. The molecule has 0 saturated carbocycles. The monoisotopic (exact) mass is 300 g/mol. The van der Waals surface area contributed by atoms with E-state index in [9.17, 15) is 9.59 Å². The average molecular weight is 300 g/mol. The second kappa shape index (κ2) is 9.60. The van der Waals surface area contributed by atoms with Crippen LogP contribution in [0.5, 0.6) is 0 Å². The van der Waals surface area contributed by atoms with E-state index < -0.39 is 5.97 Å². The molecule has 122 valence electrons. The van der Waals surface area contributed by atoms with Crippen LogP contribution >= 0.6 is 0 Å². The molecule has 1 aliphatic heterocycles. The van der Waals surface area contributed by atoms with Crippen LogP contribution in [0.15, 0.2) is 0 Å². The first-order valence-electron chi connectivity index (χ1n) is 7.88. The number of hydrogen-bond acceptors (Lipinski definition) is 3. The fourth-order valence-electron chi connectivity index (χ4n) is 2.68. The Hall–Kier alpha value is -1.30. The highest BCUT2D eigenvalue weighted by Gasteiger charge is 2.23. The van der Waals surface area contributed by atoms with Gasteiger partial charge in [-0.3, -0.25) is 4.79 Å². The zero-order valence-corrected chi connectivity index (χ0v) is 13.1. The second-order valence-corrected chi connectivity index (χ2v) is 5.73. The third-order valence-electron chi connectivity index (χ3n) is 3.92. The number of nitrogens with one attached hydrogen (secondary N) is 1. The number of rotatable bonds is 8. The summed E-state index contributed by atoms with van der Waals surface area (Å²) >= 11 is 0. The van der Waals surface area contributed by atoms with Crippen molar-refractivity contribution in [3.8, 4) is 0 Å². The normalized spacial score (nSPS) is 20.1. The topological polar surface area (TPSA) is 78.9 Å². The van der Waals surface area contributed by atoms with E-state index in [0.29, 0.717) is 38.6 Å². The molecule has 2 atom stereocenters. The molecule has 0 aromatic carbocycles. The number of amides is 2. The predicted octanol–water partition coefficient (Wildman–Crippen LogP) is 2.09. The summed E-state index contributed by atoms with van der Waals surface area (Å²) in [5.74, 6) is -0.379. The molecule has 6 nitrogen and oxygen atoms in total. The van der Waals surface area contributed by atoms with Crippen molar-refractivity contribution in [2.24, 2.45) is 5.92 Å². The molecule has 1 aliphatic rings. The molecule has 0 aromatic rings. The van der Waals surface area contributed by atoms with Crippen LogP contribution in [0.2, 0.25) is 0 Å². The number of aliphatic carboxylic acids is 1. The Balaban J connectivity index is 2.28. The number of carbonyl (C=O) groups excluding carboxylic acids is 1. The van der Waals surface area contributed by atoms with Crippen LogP contribution in [0.4, 0.5) is 4.79 Å². The maximum absolute atomic E-state index is 12.1. The highest BCUT2D eigenvalue weighted by molar-refractivity contribution is 5.74. The first-order chi connectivity index (χ1) is 10.0. The summed E-state index contributed by atoms with van der Waals surface area (Å²) < 4.78 is 5.31. The van der Waals surface area contributed by atoms with Gasteiger partial charge in [0.05, 0.1) is 19.3 Å². The third-order valence-corrected chi connectivity index (χ3v) is 3.92. The molecule has 0 spiro atoms. The van der Waals surface area contributed by atoms with Crippen LogP contribution < -0.4 is 5.32 Å². The molecule has 2 N–H and O–H groups in total. The molecule has 21 heavy (non-hydrogen) atoms. The number of nitrogens with zero attached hydrogens (tertiary/aromatic N) is 1. The molecule has 1 fully saturated rings. The average Bonchev–Trinajstić information content (AvgIpc) is 2.45. The first kappa shape index (κ1) is 17.8. The van der Waals surface area contributed by atoms with Crippen molar-refractivity contribution in [3.63, 3.8) is 0 Å². The summed E-state index contributed by atoms with van der Waals surface area (Å²) in [6.07, 6.45) is 3.79. The lowest BCUT2D eigenvalue weighted by Crippen LogP contribution is -2.51. The van der Waals surface area contributed by atoms with Crippen molar-refractivity contribution in [3.05, 3.63) is 0 Å². The van der Waals surface area contributed by atoms with Gasteiger partial charge in [0.2, 0.25) is 0 Å². The molecule has 2 amide bonds. The molecule has 1 rings (SSSR count). The molecule has 1 heterocycles. The van der Waals surface area contributed by atoms with E-state index in [4.69, 9.17) is 9.84 Å². The summed E-state index contributed by atoms with van der Waals surface area (Å²) in [5.41, 5.74) is 0. The zero-order valence-electron chi connectivity index (χ0n) is 13.1. The SMILES string of the molecule is CCCC(CCNC(=O)N1CCOCC1C)CCC(=O)O. The van der Waals surface area contributed by atoms with Gasteiger partial charge in [-0.1, -0.05) is 19.8 Å². The molecule has 0 bridgehead atoms. The van der Waals surface area contributed by atoms with Crippen molar-refractivity contribution in [1.29, 1.82) is 0 Å². The molecule has 0 radical (unpaired) electrons. The van der Waals surface area contributed by atoms with Gasteiger partial charge in [0.1, 0.15) is 0 Å². The second-order valence-electron chi connectivity index (χ2n) is 5.73. The van der Waals surface area contributed by atoms with Crippen LogP contribution in [0.1, 0.15) is 46.0 Å². The highest BCUT2D eigenvalue weighted by atomic mass is 16.5. The van der Waals surface area contributed by atoms with Gasteiger partial charge >= 0.3 is 12.0 Å². The number of hydrogen-bond donors (Lipinski definition) is 2. The lowest BCUT2D eigenvalue weighted by Gasteiger charge is -2.33. The van der Waals surface area contributed by atoms with Crippen LogP contribution in [0, 0.1) is 5.92 Å². The fourth-order valence-corrected chi connectivity index (χ4v) is 2.68. The Labute approximate surface area is 126 Å². The molecule has 6 heteroatoms. The Morgan fingerprint density at radius 2 is 2.14 bits per heavy atom. The molecule has 0 aromatic heterocycles. The van der Waals surface area contributed by atoms with E-state index in [1.54, 1.807) is 4.90 Å². The van der Waals surface area contributed by atoms with E-state index in [-0.39, 0.29) is 18.5 Å². The van der Waals surface area contributed by atoms with E-state index in [1.165, 1.54) is 0 Å². The van der Waals surface area contributed by atoms with Crippen molar-refractivity contribution in [2.45, 2.75) is 52.0 Å². The summed E-state index contributed by atoms with van der Waals surface area (Å²) in [6, 6.07) is 0.0662. The maximum Gasteiger partial charge on any atom is 0.317 e. The van der Waals surface area contributed by atoms with Crippen molar-refractivity contribution < 1.29 is 19.4 Å². The highest BCUT2D eigenvalue weighted by Crippen LogP contribution is 2.17. The number of carbonyl (C=O) groups is 2. The summed E-state index contributed by atoms with van der Waals surface area (Å²) in [7, 11) is 0. The number of urea groups is 1. The van der Waals surface area contributed by atoms with Crippen LogP contribution in [-0.4, -0.2) is 54.4 Å². The maximum atomic E-state index is 12.1. The quantitative estimate of drug-likeness (QED) is 0.719. The molecule has 2 unspecified atom stereocenters. The minimum atomic E-state index is -0.748. The van der Waals surface area contributed by atoms with Gasteiger partial charge in [0, 0.05) is 19.5 Å². The third kappa shape index (κ3) is 6.80. The largest absolute Gasteiger partial charge is 0.481 e. The van der Waals surface area contributed by atoms with Crippen LogP contribution in [-0.2, 0) is 9.53 Å². The summed E-state index contributed by atoms with van der Waals surface area (Å²) in [4.78, 5) is 24.5. The number of morpholine rings is 1. The molecular formula is C15H28N2O4. The van der Waals surface area contributed by atoms with Crippen molar-refractivity contribution in [2.75, 3.05) is 26.3 Å². The summed E-state index contributed by atoms with van der Waals surface area (Å²) in [6.45, 7) is 6.49. The minimum Gasteiger partial charge on any atom is -0.481 e. The van der Waals surface area contributed by atoms with Crippen molar-refractivity contribution in [1.82, 2.24) is 10.2 Å². The van der Waals surface area contributed by atoms with Gasteiger partial charge in [-0.15, -0.1) is 0 Å². The van der Waals surface area contributed by atoms with E-state index in [0.717, 1.165) is 19.3 Å². The minimum absolute atomic E-state index is 0.0423. The van der Waals surface area contributed by atoms with E-state index >= 15 is 0 Å². The number of ether oxygens (including phenoxy) is 1. The smallest absolute Gasteiger partial charge is 0.317 e. The lowest BCUT2D eigenvalue weighted by molar-refractivity contribution is -0.137.